The number of hydrogen-bond donors (Lipinski definition) is 1. The van der Waals surface area contributed by atoms with Gasteiger partial charge in [0.1, 0.15) is 0 Å². The van der Waals surface area contributed by atoms with Crippen molar-refractivity contribution in [2.75, 3.05) is 5.32 Å². The number of carbonyl (C=O) groups excluding carboxylic acids is 1. The molecule has 1 amide bonds. The predicted molar refractivity (Wildman–Crippen MR) is 115 cm³/mol. The summed E-state index contributed by atoms with van der Waals surface area (Å²) in [5.74, 6) is -0.0380. The van der Waals surface area contributed by atoms with Crippen molar-refractivity contribution in [2.24, 2.45) is 0 Å². The molecule has 0 fully saturated rings. The zero-order valence-corrected chi connectivity index (χ0v) is 16.3. The van der Waals surface area contributed by atoms with Crippen molar-refractivity contribution in [3.05, 3.63) is 99.9 Å². The van der Waals surface area contributed by atoms with Gasteiger partial charge in [-0.1, -0.05) is 60.2 Å². The Bertz CT molecular complexity index is 1110. The van der Waals surface area contributed by atoms with Crippen LogP contribution in [-0.4, -0.2) is 5.91 Å². The maximum atomic E-state index is 13.1. The molecule has 134 valence electrons. The Labute approximate surface area is 163 Å². The van der Waals surface area contributed by atoms with Crippen LogP contribution in [0, 0.1) is 13.8 Å². The van der Waals surface area contributed by atoms with Crippen LogP contribution in [0.25, 0.3) is 10.1 Å². The average molecular weight is 372 g/mol. The van der Waals surface area contributed by atoms with E-state index in [0.717, 1.165) is 38.2 Å². The molecule has 0 aliphatic carbocycles. The molecule has 0 saturated heterocycles. The highest BCUT2D eigenvalue weighted by Gasteiger charge is 2.18. The first-order chi connectivity index (χ1) is 13.1. The second-order valence-corrected chi connectivity index (χ2v) is 7.94. The molecule has 0 atom stereocenters. The highest BCUT2D eigenvalue weighted by atomic mass is 32.1. The van der Waals surface area contributed by atoms with Gasteiger partial charge in [-0.25, -0.2) is 0 Å². The number of aryl methyl sites for hydroxylation is 2. The van der Waals surface area contributed by atoms with Crippen LogP contribution >= 0.6 is 11.3 Å². The van der Waals surface area contributed by atoms with E-state index in [1.165, 1.54) is 11.1 Å². The molecule has 0 aliphatic rings. The van der Waals surface area contributed by atoms with Crippen LogP contribution in [0.1, 0.15) is 31.9 Å². The van der Waals surface area contributed by atoms with Crippen LogP contribution in [0.2, 0.25) is 0 Å². The molecule has 4 aromatic rings. The Morgan fingerprint density at radius 1 is 0.889 bits per heavy atom. The lowest BCUT2D eigenvalue weighted by Crippen LogP contribution is -2.12. The zero-order chi connectivity index (χ0) is 18.8. The van der Waals surface area contributed by atoms with E-state index >= 15 is 0 Å². The van der Waals surface area contributed by atoms with Gasteiger partial charge >= 0.3 is 0 Å². The lowest BCUT2D eigenvalue weighted by molar-refractivity contribution is 0.103. The minimum Gasteiger partial charge on any atom is -0.321 e. The van der Waals surface area contributed by atoms with Crippen LogP contribution in [0.4, 0.5) is 5.69 Å². The second-order valence-electron chi connectivity index (χ2n) is 6.89. The van der Waals surface area contributed by atoms with E-state index < -0.39 is 0 Å². The van der Waals surface area contributed by atoms with E-state index in [1.807, 2.05) is 43.3 Å². The maximum Gasteiger partial charge on any atom is 0.266 e. The van der Waals surface area contributed by atoms with Crippen LogP contribution in [0.15, 0.2) is 72.8 Å². The number of anilines is 1. The Balaban J connectivity index is 1.73. The largest absolute Gasteiger partial charge is 0.321 e. The van der Waals surface area contributed by atoms with Gasteiger partial charge < -0.3 is 5.32 Å². The molecule has 3 heteroatoms. The highest BCUT2D eigenvalue weighted by molar-refractivity contribution is 7.21. The van der Waals surface area contributed by atoms with E-state index in [4.69, 9.17) is 0 Å². The molecule has 2 nitrogen and oxygen atoms in total. The van der Waals surface area contributed by atoms with Crippen molar-refractivity contribution >= 4 is 33.0 Å². The first-order valence-electron chi connectivity index (χ1n) is 9.04. The highest BCUT2D eigenvalue weighted by Crippen LogP contribution is 2.33. The maximum absolute atomic E-state index is 13.1. The van der Waals surface area contributed by atoms with Gasteiger partial charge in [0.15, 0.2) is 0 Å². The van der Waals surface area contributed by atoms with E-state index in [-0.39, 0.29) is 5.91 Å². The Kier molecular flexibility index (Phi) is 4.78. The number of amides is 1. The first kappa shape index (κ1) is 17.5. The molecule has 0 saturated carbocycles. The molecule has 1 heterocycles. The molecule has 0 spiro atoms. The van der Waals surface area contributed by atoms with E-state index in [9.17, 15) is 4.79 Å². The molecule has 1 aromatic heterocycles. The Morgan fingerprint density at radius 2 is 1.67 bits per heavy atom. The summed E-state index contributed by atoms with van der Waals surface area (Å²) in [7, 11) is 0. The minimum atomic E-state index is -0.0380. The molecule has 1 N–H and O–H groups in total. The smallest absolute Gasteiger partial charge is 0.266 e. The van der Waals surface area contributed by atoms with Gasteiger partial charge in [-0.05, 0) is 60.5 Å². The van der Waals surface area contributed by atoms with Crippen LogP contribution < -0.4 is 5.32 Å². The predicted octanol–water partition coefficient (Wildman–Crippen LogP) is 6.36. The van der Waals surface area contributed by atoms with Crippen molar-refractivity contribution in [1.82, 2.24) is 0 Å². The van der Waals surface area contributed by atoms with Gasteiger partial charge in [0, 0.05) is 10.4 Å². The zero-order valence-electron chi connectivity index (χ0n) is 15.5. The molecule has 27 heavy (non-hydrogen) atoms. The lowest BCUT2D eigenvalue weighted by atomic mass is 10.0. The standard InChI is InChI=1S/C24H21NOS/c1-16-10-12-18(13-11-16)15-21-20-8-3-4-9-22(20)27-23(21)24(26)25-19-7-5-6-17(2)14-19/h3-14H,15H2,1-2H3,(H,25,26). The summed E-state index contributed by atoms with van der Waals surface area (Å²) < 4.78 is 1.15. The summed E-state index contributed by atoms with van der Waals surface area (Å²) in [6.07, 6.45) is 0.751. The van der Waals surface area contributed by atoms with Crippen molar-refractivity contribution in [3.63, 3.8) is 0 Å². The molecular formula is C24H21NOS. The van der Waals surface area contributed by atoms with Crippen molar-refractivity contribution in [3.8, 4) is 0 Å². The number of fused-ring (bicyclic) bond motifs is 1. The summed E-state index contributed by atoms with van der Waals surface area (Å²) >= 11 is 1.57. The Hall–Kier alpha value is -2.91. The molecule has 4 rings (SSSR count). The van der Waals surface area contributed by atoms with Gasteiger partial charge in [-0.2, -0.15) is 0 Å². The third kappa shape index (κ3) is 3.79. The van der Waals surface area contributed by atoms with Gasteiger partial charge in [0.05, 0.1) is 4.88 Å². The topological polar surface area (TPSA) is 29.1 Å². The summed E-state index contributed by atoms with van der Waals surface area (Å²) in [4.78, 5) is 13.8. The third-order valence-electron chi connectivity index (χ3n) is 4.68. The minimum absolute atomic E-state index is 0.0380. The fourth-order valence-electron chi connectivity index (χ4n) is 3.28. The number of nitrogens with one attached hydrogen (secondary N) is 1. The van der Waals surface area contributed by atoms with Crippen LogP contribution in [0.5, 0.6) is 0 Å². The van der Waals surface area contributed by atoms with Gasteiger partial charge in [0.2, 0.25) is 0 Å². The number of hydrogen-bond acceptors (Lipinski definition) is 2. The molecule has 0 bridgehead atoms. The Morgan fingerprint density at radius 3 is 2.44 bits per heavy atom. The van der Waals surface area contributed by atoms with Crippen molar-refractivity contribution in [2.45, 2.75) is 20.3 Å². The van der Waals surface area contributed by atoms with Crippen molar-refractivity contribution < 1.29 is 4.79 Å². The van der Waals surface area contributed by atoms with Gasteiger partial charge in [-0.3, -0.25) is 4.79 Å². The van der Waals surface area contributed by atoms with Gasteiger partial charge in [0.25, 0.3) is 5.91 Å². The van der Waals surface area contributed by atoms with E-state index in [2.05, 4.69) is 48.6 Å². The van der Waals surface area contributed by atoms with E-state index in [1.54, 1.807) is 11.3 Å². The third-order valence-corrected chi connectivity index (χ3v) is 5.89. The summed E-state index contributed by atoms with van der Waals surface area (Å²) in [5.41, 5.74) is 5.52. The summed E-state index contributed by atoms with van der Waals surface area (Å²) in [6, 6.07) is 24.7. The number of thiophene rings is 1. The monoisotopic (exact) mass is 371 g/mol. The molecule has 3 aromatic carbocycles. The first-order valence-corrected chi connectivity index (χ1v) is 9.86. The van der Waals surface area contributed by atoms with Gasteiger partial charge in [-0.15, -0.1) is 11.3 Å². The lowest BCUT2D eigenvalue weighted by Gasteiger charge is -2.08. The molecule has 0 aliphatic heterocycles. The van der Waals surface area contributed by atoms with Crippen LogP contribution in [-0.2, 0) is 6.42 Å². The summed E-state index contributed by atoms with van der Waals surface area (Å²) in [6.45, 7) is 4.11. The molecule has 0 unspecified atom stereocenters. The van der Waals surface area contributed by atoms with Crippen LogP contribution in [0.3, 0.4) is 0 Å². The number of benzene rings is 3. The van der Waals surface area contributed by atoms with Crippen molar-refractivity contribution in [1.29, 1.82) is 0 Å². The SMILES string of the molecule is Cc1ccc(Cc2c(C(=O)Nc3cccc(C)c3)sc3ccccc23)cc1. The molecule has 0 radical (unpaired) electrons. The molecular weight excluding hydrogens is 350 g/mol. The normalized spacial score (nSPS) is 10.9. The quantitative estimate of drug-likeness (QED) is 0.444. The summed E-state index contributed by atoms with van der Waals surface area (Å²) in [5, 5.41) is 4.23. The fraction of sp³-hybridized carbons (Fsp3) is 0.125. The second kappa shape index (κ2) is 7.37. The average Bonchev–Trinajstić information content (AvgIpc) is 3.02. The fourth-order valence-corrected chi connectivity index (χ4v) is 4.40. The number of rotatable bonds is 4. The number of carbonyl (C=O) groups is 1. The van der Waals surface area contributed by atoms with E-state index in [0.29, 0.717) is 0 Å².